The summed E-state index contributed by atoms with van der Waals surface area (Å²) in [6.07, 6.45) is 0. The Morgan fingerprint density at radius 3 is 2.67 bits per heavy atom. The molecule has 1 N–H and O–H groups in total. The number of para-hydroxylation sites is 1. The molecule has 0 aliphatic rings. The monoisotopic (exact) mass is 237 g/mol. The Labute approximate surface area is 103 Å². The van der Waals surface area contributed by atoms with Crippen LogP contribution in [-0.4, -0.2) is 20.6 Å². The van der Waals surface area contributed by atoms with Gasteiger partial charge in [-0.05, 0) is 40.8 Å². The van der Waals surface area contributed by atoms with E-state index < -0.39 is 0 Å². The average Bonchev–Trinajstić information content (AvgIpc) is 2.94. The molecule has 0 aliphatic carbocycles. The number of tetrazole rings is 1. The third-order valence-electron chi connectivity index (χ3n) is 2.40. The van der Waals surface area contributed by atoms with Gasteiger partial charge in [-0.25, -0.2) is 5.10 Å². The Balaban J connectivity index is 1.98. The molecular weight excluding hydrogens is 228 g/mol. The third kappa shape index (κ3) is 2.06. The fourth-order valence-corrected chi connectivity index (χ4v) is 1.59. The molecule has 3 rings (SSSR count). The van der Waals surface area contributed by atoms with Crippen molar-refractivity contribution in [3.8, 4) is 22.9 Å². The normalized spacial score (nSPS) is 10.2. The molecule has 0 bridgehead atoms. The second-order valence-corrected chi connectivity index (χ2v) is 3.58. The van der Waals surface area contributed by atoms with Crippen LogP contribution in [0.25, 0.3) is 11.4 Å². The van der Waals surface area contributed by atoms with Crippen LogP contribution in [0.3, 0.4) is 0 Å². The molecule has 0 amide bonds. The van der Waals surface area contributed by atoms with Crippen LogP contribution in [0.4, 0.5) is 0 Å². The van der Waals surface area contributed by atoms with E-state index in [1.807, 2.05) is 36.4 Å². The van der Waals surface area contributed by atoms with Crippen molar-refractivity contribution < 1.29 is 4.74 Å². The van der Waals surface area contributed by atoms with Gasteiger partial charge in [0.25, 0.3) is 0 Å². The molecule has 0 spiro atoms. The molecule has 87 valence electrons. The maximum Gasteiger partial charge on any atom is 0.183 e. The van der Waals surface area contributed by atoms with Gasteiger partial charge in [0.2, 0.25) is 0 Å². The van der Waals surface area contributed by atoms with E-state index >= 15 is 0 Å². The van der Waals surface area contributed by atoms with E-state index in [2.05, 4.69) is 26.7 Å². The highest BCUT2D eigenvalue weighted by Gasteiger charge is 2.09. The fraction of sp³-hybridized carbons (Fsp3) is 0. The molecule has 3 aromatic rings. The molecule has 18 heavy (non-hydrogen) atoms. The van der Waals surface area contributed by atoms with Crippen molar-refractivity contribution in [1.82, 2.24) is 20.6 Å². The van der Waals surface area contributed by atoms with Crippen LogP contribution in [0.15, 0.2) is 48.5 Å². The molecule has 1 heterocycles. The van der Waals surface area contributed by atoms with Crippen molar-refractivity contribution in [3.63, 3.8) is 0 Å². The molecule has 0 fully saturated rings. The van der Waals surface area contributed by atoms with Crippen LogP contribution >= 0.6 is 0 Å². The topological polar surface area (TPSA) is 63.7 Å². The first-order valence-electron chi connectivity index (χ1n) is 5.40. The summed E-state index contributed by atoms with van der Waals surface area (Å²) < 4.78 is 5.80. The zero-order valence-corrected chi connectivity index (χ0v) is 9.37. The van der Waals surface area contributed by atoms with E-state index in [0.29, 0.717) is 11.6 Å². The smallest absolute Gasteiger partial charge is 0.183 e. The number of rotatable bonds is 3. The molecule has 1 aromatic heterocycles. The number of H-pyrrole nitrogens is 1. The summed E-state index contributed by atoms with van der Waals surface area (Å²) in [7, 11) is 0. The molecule has 1 radical (unpaired) electrons. The number of ether oxygens (including phenoxy) is 1. The van der Waals surface area contributed by atoms with Crippen LogP contribution in [-0.2, 0) is 0 Å². The molecule has 2 aromatic carbocycles. The summed E-state index contributed by atoms with van der Waals surface area (Å²) in [5.74, 6) is 2.02. The minimum atomic E-state index is 0.577. The third-order valence-corrected chi connectivity index (χ3v) is 2.40. The van der Waals surface area contributed by atoms with Gasteiger partial charge in [0.1, 0.15) is 11.5 Å². The van der Waals surface area contributed by atoms with E-state index in [-0.39, 0.29) is 0 Å². The van der Waals surface area contributed by atoms with Crippen LogP contribution in [0.5, 0.6) is 11.5 Å². The second kappa shape index (κ2) is 4.67. The van der Waals surface area contributed by atoms with Gasteiger partial charge in [0, 0.05) is 0 Å². The van der Waals surface area contributed by atoms with Crippen LogP contribution in [0.1, 0.15) is 0 Å². The molecule has 0 saturated heterocycles. The number of benzene rings is 2. The van der Waals surface area contributed by atoms with Gasteiger partial charge >= 0.3 is 0 Å². The van der Waals surface area contributed by atoms with Crippen molar-refractivity contribution in [2.45, 2.75) is 0 Å². The highest BCUT2D eigenvalue weighted by Crippen LogP contribution is 2.30. The quantitative estimate of drug-likeness (QED) is 0.760. The molecule has 5 heteroatoms. The average molecular weight is 237 g/mol. The van der Waals surface area contributed by atoms with Gasteiger partial charge < -0.3 is 4.74 Å². The number of aromatic nitrogens is 4. The van der Waals surface area contributed by atoms with E-state index in [0.717, 1.165) is 11.3 Å². The van der Waals surface area contributed by atoms with Gasteiger partial charge in [0.15, 0.2) is 5.82 Å². The van der Waals surface area contributed by atoms with Gasteiger partial charge in [-0.15, -0.1) is 5.10 Å². The van der Waals surface area contributed by atoms with Crippen LogP contribution in [0, 0.1) is 6.07 Å². The van der Waals surface area contributed by atoms with Crippen LogP contribution in [0.2, 0.25) is 0 Å². The first-order chi connectivity index (χ1) is 8.93. The molecule has 0 unspecified atom stereocenters. The lowest BCUT2D eigenvalue weighted by Crippen LogP contribution is -1.89. The van der Waals surface area contributed by atoms with E-state index in [1.165, 1.54) is 0 Å². The minimum Gasteiger partial charge on any atom is -0.457 e. The Morgan fingerprint density at radius 2 is 1.89 bits per heavy atom. The number of nitrogens with one attached hydrogen (secondary N) is 1. The lowest BCUT2D eigenvalue weighted by Gasteiger charge is -2.08. The maximum absolute atomic E-state index is 5.80. The van der Waals surface area contributed by atoms with Crippen molar-refractivity contribution in [3.05, 3.63) is 54.6 Å². The zero-order valence-electron chi connectivity index (χ0n) is 9.37. The zero-order chi connectivity index (χ0) is 12.2. The Bertz CT molecular complexity index is 623. The molecule has 0 atom stereocenters. The number of hydrogen-bond donors (Lipinski definition) is 1. The lowest BCUT2D eigenvalue weighted by molar-refractivity contribution is 0.484. The molecule has 0 saturated carbocycles. The van der Waals surface area contributed by atoms with Gasteiger partial charge in [0.05, 0.1) is 5.56 Å². The largest absolute Gasteiger partial charge is 0.457 e. The predicted molar refractivity (Wildman–Crippen MR) is 65.0 cm³/mol. The summed E-state index contributed by atoms with van der Waals surface area (Å²) in [5, 5.41) is 13.7. The number of hydrogen-bond acceptors (Lipinski definition) is 4. The summed E-state index contributed by atoms with van der Waals surface area (Å²) >= 11 is 0. The summed E-state index contributed by atoms with van der Waals surface area (Å²) in [4.78, 5) is 0. The second-order valence-electron chi connectivity index (χ2n) is 3.58. The Morgan fingerprint density at radius 1 is 1.06 bits per heavy atom. The molecule has 5 nitrogen and oxygen atoms in total. The van der Waals surface area contributed by atoms with Gasteiger partial charge in [-0.1, -0.05) is 24.3 Å². The van der Waals surface area contributed by atoms with E-state index in [4.69, 9.17) is 4.74 Å². The van der Waals surface area contributed by atoms with Crippen molar-refractivity contribution in [2.75, 3.05) is 0 Å². The molecule has 0 aliphatic heterocycles. The summed E-state index contributed by atoms with van der Waals surface area (Å²) in [6, 6.07) is 17.8. The standard InChI is InChI=1S/C13H9N4O/c1-2-6-10(7-3-1)18-12-9-5-4-8-11(12)13-14-16-17-15-13/h2-9H,(H,14,15,16,17). The van der Waals surface area contributed by atoms with Gasteiger partial charge in [-0.3, -0.25) is 0 Å². The highest BCUT2D eigenvalue weighted by atomic mass is 16.5. The lowest BCUT2D eigenvalue weighted by atomic mass is 10.2. The first kappa shape index (κ1) is 10.5. The highest BCUT2D eigenvalue weighted by molar-refractivity contribution is 5.63. The summed E-state index contributed by atoms with van der Waals surface area (Å²) in [6.45, 7) is 0. The van der Waals surface area contributed by atoms with E-state index in [1.54, 1.807) is 12.1 Å². The van der Waals surface area contributed by atoms with Crippen LogP contribution < -0.4 is 4.74 Å². The predicted octanol–water partition coefficient (Wildman–Crippen LogP) is 2.46. The Kier molecular flexibility index (Phi) is 2.71. The SMILES string of the molecule is [c]1ccc(Oc2ccccc2-c2nnn[nH]2)cc1. The Hall–Kier alpha value is -2.69. The van der Waals surface area contributed by atoms with Crippen molar-refractivity contribution in [2.24, 2.45) is 0 Å². The van der Waals surface area contributed by atoms with Gasteiger partial charge in [-0.2, -0.15) is 0 Å². The number of nitrogens with zero attached hydrogens (tertiary/aromatic N) is 3. The fourth-order valence-electron chi connectivity index (χ4n) is 1.59. The van der Waals surface area contributed by atoms with Crippen molar-refractivity contribution in [1.29, 1.82) is 0 Å². The minimum absolute atomic E-state index is 0.577. The first-order valence-corrected chi connectivity index (χ1v) is 5.40. The van der Waals surface area contributed by atoms with Crippen molar-refractivity contribution >= 4 is 0 Å². The maximum atomic E-state index is 5.80. The summed E-state index contributed by atoms with van der Waals surface area (Å²) in [5.41, 5.74) is 0.815. The molecular formula is C13H9N4O. The van der Waals surface area contributed by atoms with E-state index in [9.17, 15) is 0 Å². The number of aromatic amines is 1.